The molecule has 0 aromatic rings. The van der Waals surface area contributed by atoms with Crippen LogP contribution in [0.15, 0.2) is 24.3 Å². The number of carbonyl (C=O) groups is 2. The molecule has 0 heterocycles. The number of hydrogen-bond acceptors (Lipinski definition) is 5. The number of unbranched alkanes of at least 4 members (excludes halogenated alkanes) is 3. The fourth-order valence-electron chi connectivity index (χ4n) is 2.28. The number of carbonyl (C=O) groups excluding carboxylic acids is 2. The zero-order valence-corrected chi connectivity index (χ0v) is 16.9. The van der Waals surface area contributed by atoms with Crippen molar-refractivity contribution in [3.63, 3.8) is 0 Å². The molecule has 0 saturated carbocycles. The molecule has 0 spiro atoms. The Hall–Kier alpha value is -1.82. The lowest BCUT2D eigenvalue weighted by Gasteiger charge is -2.14. The molecule has 0 radical (unpaired) electrons. The third-order valence-electron chi connectivity index (χ3n) is 3.62. The maximum Gasteiger partial charge on any atom is 0.407 e. The summed E-state index contributed by atoms with van der Waals surface area (Å²) in [5.41, 5.74) is 1.42. The average molecular weight is 369 g/mol. The highest BCUT2D eigenvalue weighted by Gasteiger charge is 2.09. The highest BCUT2D eigenvalue weighted by molar-refractivity contribution is 5.86. The van der Waals surface area contributed by atoms with Crippen LogP contribution >= 0.6 is 0 Å². The van der Waals surface area contributed by atoms with E-state index in [1.807, 2.05) is 20.8 Å². The van der Waals surface area contributed by atoms with Crippen molar-refractivity contribution in [2.45, 2.75) is 71.9 Å². The molecule has 0 aliphatic rings. The minimum atomic E-state index is -0.362. The van der Waals surface area contributed by atoms with Crippen LogP contribution in [0.25, 0.3) is 0 Å². The van der Waals surface area contributed by atoms with Crippen molar-refractivity contribution in [3.05, 3.63) is 24.3 Å². The minimum absolute atomic E-state index is 0.121. The van der Waals surface area contributed by atoms with E-state index in [1.165, 1.54) is 0 Å². The van der Waals surface area contributed by atoms with Crippen LogP contribution < -0.4 is 10.6 Å². The minimum Gasteiger partial charge on any atom is -0.461 e. The van der Waals surface area contributed by atoms with E-state index in [9.17, 15) is 9.59 Å². The highest BCUT2D eigenvalue weighted by Crippen LogP contribution is 2.05. The first-order chi connectivity index (χ1) is 12.2. The summed E-state index contributed by atoms with van der Waals surface area (Å²) in [5.74, 6) is -0.348. The fourth-order valence-corrected chi connectivity index (χ4v) is 2.28. The highest BCUT2D eigenvalue weighted by atomic mass is 16.6. The molecular weight excluding hydrogens is 332 g/mol. The summed E-state index contributed by atoms with van der Waals surface area (Å²) in [7, 11) is 0. The summed E-state index contributed by atoms with van der Waals surface area (Å²) < 4.78 is 10.3. The molecule has 0 fully saturated rings. The molecule has 2 unspecified atom stereocenters. The predicted molar refractivity (Wildman–Crippen MR) is 105 cm³/mol. The van der Waals surface area contributed by atoms with E-state index in [1.54, 1.807) is 6.92 Å². The molecule has 150 valence electrons. The van der Waals surface area contributed by atoms with Gasteiger partial charge < -0.3 is 20.1 Å². The Bertz CT molecular complexity index is 463. The fraction of sp³-hybridized carbons (Fsp3) is 0.700. The van der Waals surface area contributed by atoms with Crippen LogP contribution in [0.1, 0.15) is 59.8 Å². The summed E-state index contributed by atoms with van der Waals surface area (Å²) in [6.45, 7) is 16.6. The molecule has 2 N–H and O–H groups in total. The van der Waals surface area contributed by atoms with Crippen LogP contribution in [-0.2, 0) is 14.3 Å². The number of nitrogens with one attached hydrogen (secondary N) is 2. The summed E-state index contributed by atoms with van der Waals surface area (Å²) in [4.78, 5) is 22.9. The van der Waals surface area contributed by atoms with Gasteiger partial charge in [0.1, 0.15) is 12.7 Å². The maximum absolute atomic E-state index is 11.6. The molecule has 2 atom stereocenters. The Morgan fingerprint density at radius 1 is 1.00 bits per heavy atom. The number of amides is 1. The van der Waals surface area contributed by atoms with Gasteiger partial charge in [0.25, 0.3) is 0 Å². The molecule has 0 aliphatic heterocycles. The molecule has 6 heteroatoms. The Labute approximate surface area is 158 Å². The van der Waals surface area contributed by atoms with Crippen LogP contribution in [0, 0.1) is 0 Å². The van der Waals surface area contributed by atoms with Gasteiger partial charge >= 0.3 is 12.1 Å². The van der Waals surface area contributed by atoms with Gasteiger partial charge in [0, 0.05) is 24.6 Å². The summed E-state index contributed by atoms with van der Waals surface area (Å²) in [5, 5.41) is 6.09. The Morgan fingerprint density at radius 3 is 2.19 bits per heavy atom. The van der Waals surface area contributed by atoms with E-state index < -0.39 is 0 Å². The zero-order valence-electron chi connectivity index (χ0n) is 16.9. The number of esters is 1. The van der Waals surface area contributed by atoms with E-state index in [2.05, 4.69) is 23.8 Å². The molecule has 0 aromatic carbocycles. The van der Waals surface area contributed by atoms with Crippen molar-refractivity contribution >= 4 is 12.1 Å². The molecule has 0 saturated heterocycles. The lowest BCUT2D eigenvalue weighted by atomic mass is 10.2. The van der Waals surface area contributed by atoms with Gasteiger partial charge in [-0.3, -0.25) is 0 Å². The number of alkyl carbamates (subject to hydrolysis) is 1. The van der Waals surface area contributed by atoms with Gasteiger partial charge in [-0.05, 0) is 47.1 Å². The lowest BCUT2D eigenvalue weighted by molar-refractivity contribution is -0.139. The third kappa shape index (κ3) is 14.5. The van der Waals surface area contributed by atoms with Crippen LogP contribution in [0.2, 0.25) is 0 Å². The van der Waals surface area contributed by atoms with E-state index in [4.69, 9.17) is 9.47 Å². The molecule has 0 aliphatic carbocycles. The summed E-state index contributed by atoms with van der Waals surface area (Å²) in [6, 6.07) is 0.121. The van der Waals surface area contributed by atoms with Crippen molar-refractivity contribution in [1.29, 1.82) is 0 Å². The van der Waals surface area contributed by atoms with Crippen LogP contribution in [0.3, 0.4) is 0 Å². The normalized spacial score (nSPS) is 12.8. The molecule has 26 heavy (non-hydrogen) atoms. The van der Waals surface area contributed by atoms with E-state index >= 15 is 0 Å². The SMILES string of the molecule is C=C(C)CC(C)OC(=O)NCCCCCCNC(C)COC(=O)C(=C)C. The molecular formula is C20H36N2O4. The Morgan fingerprint density at radius 2 is 1.62 bits per heavy atom. The molecule has 0 bridgehead atoms. The van der Waals surface area contributed by atoms with Gasteiger partial charge in [0.15, 0.2) is 0 Å². The van der Waals surface area contributed by atoms with E-state index in [-0.39, 0.29) is 24.2 Å². The van der Waals surface area contributed by atoms with Crippen molar-refractivity contribution in [3.8, 4) is 0 Å². The average Bonchev–Trinajstić information content (AvgIpc) is 2.53. The van der Waals surface area contributed by atoms with Gasteiger partial charge in [-0.2, -0.15) is 0 Å². The second-order valence-corrected chi connectivity index (χ2v) is 6.95. The first kappa shape index (κ1) is 24.2. The monoisotopic (exact) mass is 368 g/mol. The topological polar surface area (TPSA) is 76.7 Å². The number of hydrogen-bond donors (Lipinski definition) is 2. The van der Waals surface area contributed by atoms with Crippen molar-refractivity contribution in [2.24, 2.45) is 0 Å². The van der Waals surface area contributed by atoms with Crippen molar-refractivity contribution < 1.29 is 19.1 Å². The summed E-state index contributed by atoms with van der Waals surface area (Å²) in [6.07, 6.45) is 4.27. The first-order valence-corrected chi connectivity index (χ1v) is 9.37. The quantitative estimate of drug-likeness (QED) is 0.211. The van der Waals surface area contributed by atoms with Crippen LogP contribution in [-0.4, -0.2) is 43.9 Å². The number of rotatable bonds is 14. The maximum atomic E-state index is 11.6. The van der Waals surface area contributed by atoms with Crippen molar-refractivity contribution in [1.82, 2.24) is 10.6 Å². The second-order valence-electron chi connectivity index (χ2n) is 6.95. The van der Waals surface area contributed by atoms with Gasteiger partial charge in [0.2, 0.25) is 0 Å². The van der Waals surface area contributed by atoms with E-state index in [0.29, 0.717) is 25.1 Å². The van der Waals surface area contributed by atoms with Crippen LogP contribution in [0.4, 0.5) is 4.79 Å². The second kappa shape index (κ2) is 14.4. The molecule has 0 rings (SSSR count). The van der Waals surface area contributed by atoms with E-state index in [0.717, 1.165) is 37.8 Å². The third-order valence-corrected chi connectivity index (χ3v) is 3.62. The van der Waals surface area contributed by atoms with Gasteiger partial charge in [-0.1, -0.05) is 25.0 Å². The predicted octanol–water partition coefficient (Wildman–Crippen LogP) is 3.73. The van der Waals surface area contributed by atoms with Gasteiger partial charge in [-0.25, -0.2) is 9.59 Å². The smallest absolute Gasteiger partial charge is 0.407 e. The largest absolute Gasteiger partial charge is 0.461 e. The van der Waals surface area contributed by atoms with Gasteiger partial charge in [0.05, 0.1) is 0 Å². The zero-order chi connectivity index (χ0) is 19.9. The summed E-state index contributed by atoms with van der Waals surface area (Å²) >= 11 is 0. The standard InChI is InChI=1S/C20H36N2O4/c1-15(2)13-18(6)26-20(24)22-12-10-8-7-9-11-21-17(5)14-25-19(23)16(3)4/h17-18,21H,1,3,7-14H2,2,4-6H3,(H,22,24). The lowest BCUT2D eigenvalue weighted by Crippen LogP contribution is -2.32. The van der Waals surface area contributed by atoms with Crippen LogP contribution in [0.5, 0.6) is 0 Å². The Kier molecular flexibility index (Phi) is 13.4. The molecule has 6 nitrogen and oxygen atoms in total. The number of ether oxygens (including phenoxy) is 2. The molecule has 0 aromatic heterocycles. The Balaban J connectivity index is 3.50. The van der Waals surface area contributed by atoms with Crippen molar-refractivity contribution in [2.75, 3.05) is 19.7 Å². The molecule has 1 amide bonds. The van der Waals surface area contributed by atoms with Gasteiger partial charge in [-0.15, -0.1) is 6.58 Å². The first-order valence-electron chi connectivity index (χ1n) is 9.37.